The van der Waals surface area contributed by atoms with Crippen LogP contribution in [0.15, 0.2) is 30.3 Å². The molecule has 0 radical (unpaired) electrons. The summed E-state index contributed by atoms with van der Waals surface area (Å²) in [4.78, 5) is 24.0. The largest absolute Gasteiger partial charge is 0.465 e. The number of aryl methyl sites for hydroxylation is 1. The van der Waals surface area contributed by atoms with Crippen LogP contribution in [0.25, 0.3) is 0 Å². The molecule has 0 spiro atoms. The SMILES string of the molecule is C[C@@H](CCCCc1ccccc1)N(C(=O)O)[C@H]1CNC1=O. The molecule has 21 heavy (non-hydrogen) atoms. The van der Waals surface area contributed by atoms with Crippen LogP contribution in [0.5, 0.6) is 0 Å². The number of carbonyl (C=O) groups is 2. The number of benzene rings is 1. The van der Waals surface area contributed by atoms with Gasteiger partial charge in [0, 0.05) is 12.6 Å². The van der Waals surface area contributed by atoms with Crippen molar-refractivity contribution >= 4 is 12.0 Å². The maximum atomic E-state index is 11.4. The molecule has 0 saturated carbocycles. The second-order valence-electron chi connectivity index (χ2n) is 5.53. The van der Waals surface area contributed by atoms with E-state index in [1.54, 1.807) is 0 Å². The van der Waals surface area contributed by atoms with E-state index in [1.165, 1.54) is 10.5 Å². The number of carbonyl (C=O) groups excluding carboxylic acids is 1. The monoisotopic (exact) mass is 290 g/mol. The van der Waals surface area contributed by atoms with Crippen molar-refractivity contribution in [3.05, 3.63) is 35.9 Å². The molecule has 1 aromatic carbocycles. The van der Waals surface area contributed by atoms with E-state index < -0.39 is 12.1 Å². The normalized spacial score (nSPS) is 18.5. The number of rotatable bonds is 7. The van der Waals surface area contributed by atoms with Gasteiger partial charge in [-0.1, -0.05) is 36.8 Å². The Hall–Kier alpha value is -2.04. The van der Waals surface area contributed by atoms with E-state index in [0.717, 1.165) is 25.7 Å². The Balaban J connectivity index is 1.76. The van der Waals surface area contributed by atoms with Crippen molar-refractivity contribution in [2.45, 2.75) is 44.7 Å². The van der Waals surface area contributed by atoms with Gasteiger partial charge in [-0.05, 0) is 31.7 Å². The first kappa shape index (κ1) is 15.4. The van der Waals surface area contributed by atoms with Crippen LogP contribution in [-0.4, -0.2) is 40.6 Å². The van der Waals surface area contributed by atoms with Gasteiger partial charge in [0.05, 0.1) is 0 Å². The Kier molecular flexibility index (Phi) is 5.20. The molecule has 2 amide bonds. The highest BCUT2D eigenvalue weighted by Crippen LogP contribution is 2.17. The van der Waals surface area contributed by atoms with E-state index in [4.69, 9.17) is 0 Å². The minimum atomic E-state index is -1.01. The minimum Gasteiger partial charge on any atom is -0.465 e. The first-order valence-corrected chi connectivity index (χ1v) is 7.42. The van der Waals surface area contributed by atoms with Gasteiger partial charge in [-0.25, -0.2) is 4.79 Å². The molecular weight excluding hydrogens is 268 g/mol. The molecule has 114 valence electrons. The first-order valence-electron chi connectivity index (χ1n) is 7.42. The summed E-state index contributed by atoms with van der Waals surface area (Å²) >= 11 is 0. The third-order valence-electron chi connectivity index (χ3n) is 3.98. The number of amides is 2. The number of hydrogen-bond acceptors (Lipinski definition) is 2. The molecule has 0 aromatic heterocycles. The lowest BCUT2D eigenvalue weighted by molar-refractivity contribution is -0.133. The number of β-lactam (4-membered cyclic amide) rings is 1. The summed E-state index contributed by atoms with van der Waals surface area (Å²) in [5, 5.41) is 11.9. The summed E-state index contributed by atoms with van der Waals surface area (Å²) in [6.45, 7) is 2.31. The van der Waals surface area contributed by atoms with Crippen LogP contribution >= 0.6 is 0 Å². The summed E-state index contributed by atoms with van der Waals surface area (Å²) in [5.41, 5.74) is 1.30. The predicted molar refractivity (Wildman–Crippen MR) is 80.1 cm³/mol. The second-order valence-corrected chi connectivity index (χ2v) is 5.53. The Morgan fingerprint density at radius 1 is 1.38 bits per heavy atom. The third-order valence-corrected chi connectivity index (χ3v) is 3.98. The molecule has 1 aliphatic heterocycles. The van der Waals surface area contributed by atoms with Crippen molar-refractivity contribution in [2.24, 2.45) is 0 Å². The highest BCUT2D eigenvalue weighted by Gasteiger charge is 2.38. The van der Waals surface area contributed by atoms with Crippen LogP contribution in [0.2, 0.25) is 0 Å². The second kappa shape index (κ2) is 7.11. The van der Waals surface area contributed by atoms with Crippen LogP contribution < -0.4 is 5.32 Å². The lowest BCUT2D eigenvalue weighted by Gasteiger charge is -2.38. The molecule has 2 N–H and O–H groups in total. The fourth-order valence-electron chi connectivity index (χ4n) is 2.68. The van der Waals surface area contributed by atoms with Gasteiger partial charge in [0.1, 0.15) is 6.04 Å². The molecular formula is C16H22N2O3. The van der Waals surface area contributed by atoms with Crippen molar-refractivity contribution in [3.8, 4) is 0 Å². The van der Waals surface area contributed by atoms with Crippen LogP contribution in [0, 0.1) is 0 Å². The fourth-order valence-corrected chi connectivity index (χ4v) is 2.68. The van der Waals surface area contributed by atoms with Crippen molar-refractivity contribution < 1.29 is 14.7 Å². The van der Waals surface area contributed by atoms with Crippen LogP contribution in [0.1, 0.15) is 31.7 Å². The predicted octanol–water partition coefficient (Wildman–Crippen LogP) is 2.27. The molecule has 1 aliphatic rings. The zero-order valence-electron chi connectivity index (χ0n) is 12.3. The van der Waals surface area contributed by atoms with Gasteiger partial charge in [-0.3, -0.25) is 9.69 Å². The Bertz CT molecular complexity index is 490. The Morgan fingerprint density at radius 2 is 2.10 bits per heavy atom. The van der Waals surface area contributed by atoms with Gasteiger partial charge in [-0.15, -0.1) is 0 Å². The number of nitrogens with one attached hydrogen (secondary N) is 1. The molecule has 5 nitrogen and oxygen atoms in total. The number of hydrogen-bond donors (Lipinski definition) is 2. The molecule has 1 heterocycles. The molecule has 5 heteroatoms. The van der Waals surface area contributed by atoms with Crippen molar-refractivity contribution in [3.63, 3.8) is 0 Å². The summed E-state index contributed by atoms with van der Waals surface area (Å²) in [5.74, 6) is -0.187. The van der Waals surface area contributed by atoms with Gasteiger partial charge >= 0.3 is 6.09 Å². The van der Waals surface area contributed by atoms with Gasteiger partial charge in [-0.2, -0.15) is 0 Å². The molecule has 2 rings (SSSR count). The number of nitrogens with zero attached hydrogens (tertiary/aromatic N) is 1. The molecule has 2 atom stereocenters. The highest BCUT2D eigenvalue weighted by molar-refractivity contribution is 5.90. The summed E-state index contributed by atoms with van der Waals surface area (Å²) in [6, 6.07) is 9.62. The zero-order valence-corrected chi connectivity index (χ0v) is 12.3. The van der Waals surface area contributed by atoms with Crippen molar-refractivity contribution in [1.82, 2.24) is 10.2 Å². The van der Waals surface area contributed by atoms with Gasteiger partial charge < -0.3 is 10.4 Å². The summed E-state index contributed by atoms with van der Waals surface area (Å²) in [7, 11) is 0. The van der Waals surface area contributed by atoms with Crippen LogP contribution in [-0.2, 0) is 11.2 Å². The molecule has 1 aromatic rings. The summed E-state index contributed by atoms with van der Waals surface area (Å²) < 4.78 is 0. The van der Waals surface area contributed by atoms with E-state index >= 15 is 0 Å². The van der Waals surface area contributed by atoms with Crippen LogP contribution in [0.3, 0.4) is 0 Å². The van der Waals surface area contributed by atoms with E-state index in [0.29, 0.717) is 6.54 Å². The maximum absolute atomic E-state index is 11.4. The molecule has 0 bridgehead atoms. The maximum Gasteiger partial charge on any atom is 0.408 e. The average molecular weight is 290 g/mol. The summed E-state index contributed by atoms with van der Waals surface area (Å²) in [6.07, 6.45) is 2.76. The Morgan fingerprint density at radius 3 is 2.62 bits per heavy atom. The minimum absolute atomic E-state index is 0.130. The van der Waals surface area contributed by atoms with Crippen molar-refractivity contribution in [1.29, 1.82) is 0 Å². The van der Waals surface area contributed by atoms with E-state index in [-0.39, 0.29) is 11.9 Å². The zero-order chi connectivity index (χ0) is 15.2. The third kappa shape index (κ3) is 3.97. The van der Waals surface area contributed by atoms with Crippen LogP contribution in [0.4, 0.5) is 4.79 Å². The molecule has 1 fully saturated rings. The van der Waals surface area contributed by atoms with E-state index in [2.05, 4.69) is 17.4 Å². The molecule has 0 aliphatic carbocycles. The topological polar surface area (TPSA) is 69.6 Å². The van der Waals surface area contributed by atoms with Crippen molar-refractivity contribution in [2.75, 3.05) is 6.54 Å². The Labute approximate surface area is 125 Å². The van der Waals surface area contributed by atoms with E-state index in [9.17, 15) is 14.7 Å². The smallest absolute Gasteiger partial charge is 0.408 e. The first-order chi connectivity index (χ1) is 10.1. The number of carboxylic acid groups (broad SMARTS) is 1. The quantitative estimate of drug-likeness (QED) is 0.598. The fraction of sp³-hybridized carbons (Fsp3) is 0.500. The highest BCUT2D eigenvalue weighted by atomic mass is 16.4. The standard InChI is InChI=1S/C16H22N2O3/c1-12(18(16(20)21)14-11-17-15(14)19)7-5-6-10-13-8-3-2-4-9-13/h2-4,8-9,12,14H,5-7,10-11H2,1H3,(H,17,19)(H,20,21)/t12-,14-/m0/s1. The van der Waals surface area contributed by atoms with E-state index in [1.807, 2.05) is 25.1 Å². The van der Waals surface area contributed by atoms with Gasteiger partial charge in [0.15, 0.2) is 0 Å². The molecule has 0 unspecified atom stereocenters. The average Bonchev–Trinajstić information content (AvgIpc) is 2.48. The van der Waals surface area contributed by atoms with Gasteiger partial charge in [0.25, 0.3) is 0 Å². The molecule has 1 saturated heterocycles. The van der Waals surface area contributed by atoms with Gasteiger partial charge in [0.2, 0.25) is 5.91 Å². The number of unbranched alkanes of at least 4 members (excludes halogenated alkanes) is 1. The lowest BCUT2D eigenvalue weighted by Crippen LogP contribution is -2.64. The lowest BCUT2D eigenvalue weighted by atomic mass is 10.0.